The number of ether oxygens (including phenoxy) is 1. The predicted octanol–water partition coefficient (Wildman–Crippen LogP) is 8.06. The molecule has 0 fully saturated rings. The Hall–Kier alpha value is -3.82. The summed E-state index contributed by atoms with van der Waals surface area (Å²) < 4.78 is 7.37. The standard InChI is InChI=1S/C32H28ClNO2/c1-22-28(18-19-29(23-9-5-3-6-10-23)24-11-7-4-8-12-24)30-21-27(36-2)17-20-31(30)34(22)32(35)25-13-15-26(33)16-14-25/h3-17,20-21,29H,18-19H2,1-2H3. The highest BCUT2D eigenvalue weighted by Crippen LogP contribution is 2.35. The van der Waals surface area contributed by atoms with E-state index in [9.17, 15) is 4.79 Å². The van der Waals surface area contributed by atoms with Gasteiger partial charge in [-0.15, -0.1) is 0 Å². The molecule has 0 aliphatic rings. The molecule has 0 spiro atoms. The number of halogens is 1. The molecule has 0 bridgehead atoms. The summed E-state index contributed by atoms with van der Waals surface area (Å²) >= 11 is 6.07. The average molecular weight is 494 g/mol. The van der Waals surface area contributed by atoms with Crippen LogP contribution in [-0.4, -0.2) is 17.6 Å². The zero-order valence-corrected chi connectivity index (χ0v) is 21.2. The van der Waals surface area contributed by atoms with Gasteiger partial charge in [-0.25, -0.2) is 0 Å². The fourth-order valence-corrected chi connectivity index (χ4v) is 5.20. The van der Waals surface area contributed by atoms with Crippen molar-refractivity contribution in [1.29, 1.82) is 0 Å². The fourth-order valence-electron chi connectivity index (χ4n) is 5.07. The van der Waals surface area contributed by atoms with Gasteiger partial charge in [-0.3, -0.25) is 9.36 Å². The maximum absolute atomic E-state index is 13.6. The van der Waals surface area contributed by atoms with E-state index >= 15 is 0 Å². The molecule has 0 N–H and O–H groups in total. The minimum atomic E-state index is -0.0618. The van der Waals surface area contributed by atoms with Crippen molar-refractivity contribution in [2.75, 3.05) is 7.11 Å². The van der Waals surface area contributed by atoms with Crippen molar-refractivity contribution >= 4 is 28.4 Å². The second-order valence-corrected chi connectivity index (χ2v) is 9.44. The Kier molecular flexibility index (Phi) is 6.92. The fraction of sp³-hybridized carbons (Fsp3) is 0.156. The number of rotatable bonds is 7. The Labute approximate surface area is 216 Å². The van der Waals surface area contributed by atoms with Crippen LogP contribution in [0.1, 0.15) is 45.1 Å². The SMILES string of the molecule is COc1ccc2c(c1)c(CCC(c1ccccc1)c1ccccc1)c(C)n2C(=O)c1ccc(Cl)cc1. The first-order valence-electron chi connectivity index (χ1n) is 12.1. The number of carbonyl (C=O) groups excluding carboxylic acids is 1. The maximum Gasteiger partial charge on any atom is 0.262 e. The Bertz CT molecular complexity index is 1450. The second-order valence-electron chi connectivity index (χ2n) is 9.01. The van der Waals surface area contributed by atoms with Crippen molar-refractivity contribution in [3.8, 4) is 5.75 Å². The van der Waals surface area contributed by atoms with Crippen LogP contribution < -0.4 is 4.74 Å². The van der Waals surface area contributed by atoms with E-state index in [0.717, 1.165) is 35.2 Å². The molecule has 0 saturated heterocycles. The number of hydrogen-bond donors (Lipinski definition) is 0. The van der Waals surface area contributed by atoms with E-state index in [1.54, 1.807) is 31.4 Å². The van der Waals surface area contributed by atoms with Crippen LogP contribution in [0, 0.1) is 6.92 Å². The van der Waals surface area contributed by atoms with Gasteiger partial charge in [-0.2, -0.15) is 0 Å². The van der Waals surface area contributed by atoms with Gasteiger partial charge in [0.25, 0.3) is 5.91 Å². The van der Waals surface area contributed by atoms with E-state index in [0.29, 0.717) is 10.6 Å². The third-order valence-electron chi connectivity index (χ3n) is 6.92. The smallest absolute Gasteiger partial charge is 0.262 e. The molecule has 5 rings (SSSR count). The van der Waals surface area contributed by atoms with Crippen LogP contribution in [0.15, 0.2) is 103 Å². The van der Waals surface area contributed by atoms with Gasteiger partial charge < -0.3 is 4.74 Å². The summed E-state index contributed by atoms with van der Waals surface area (Å²) in [6.07, 6.45) is 1.74. The molecule has 0 unspecified atom stereocenters. The van der Waals surface area contributed by atoms with E-state index in [1.807, 2.05) is 29.7 Å². The Balaban J connectivity index is 1.57. The summed E-state index contributed by atoms with van der Waals surface area (Å²) in [5, 5.41) is 1.66. The van der Waals surface area contributed by atoms with Crippen LogP contribution in [0.2, 0.25) is 5.02 Å². The first kappa shape index (κ1) is 23.9. The highest BCUT2D eigenvalue weighted by atomic mass is 35.5. The number of nitrogens with zero attached hydrogens (tertiary/aromatic N) is 1. The zero-order chi connectivity index (χ0) is 25.1. The maximum atomic E-state index is 13.6. The van der Waals surface area contributed by atoms with Crippen LogP contribution >= 0.6 is 11.6 Å². The van der Waals surface area contributed by atoms with Crippen molar-refractivity contribution in [1.82, 2.24) is 4.57 Å². The molecule has 5 aromatic rings. The molecule has 0 saturated carbocycles. The monoisotopic (exact) mass is 493 g/mol. The molecule has 0 aliphatic heterocycles. The molecule has 4 heteroatoms. The van der Waals surface area contributed by atoms with E-state index in [4.69, 9.17) is 16.3 Å². The number of methoxy groups -OCH3 is 1. The first-order chi connectivity index (χ1) is 17.6. The summed E-state index contributed by atoms with van der Waals surface area (Å²) in [4.78, 5) is 13.6. The highest BCUT2D eigenvalue weighted by Gasteiger charge is 2.22. The lowest BCUT2D eigenvalue weighted by molar-refractivity contribution is 0.0963. The van der Waals surface area contributed by atoms with E-state index in [2.05, 4.69) is 60.7 Å². The number of fused-ring (bicyclic) bond motifs is 1. The van der Waals surface area contributed by atoms with Gasteiger partial charge in [-0.1, -0.05) is 72.3 Å². The molecule has 180 valence electrons. The number of hydrogen-bond acceptors (Lipinski definition) is 2. The minimum absolute atomic E-state index is 0.0618. The van der Waals surface area contributed by atoms with Gasteiger partial charge in [0.05, 0.1) is 12.6 Å². The number of aryl methyl sites for hydroxylation is 1. The lowest BCUT2D eigenvalue weighted by atomic mass is 9.86. The summed E-state index contributed by atoms with van der Waals surface area (Å²) in [6.45, 7) is 2.04. The Morgan fingerprint density at radius 1 is 0.861 bits per heavy atom. The molecule has 3 nitrogen and oxygen atoms in total. The molecule has 36 heavy (non-hydrogen) atoms. The largest absolute Gasteiger partial charge is 0.497 e. The summed E-state index contributed by atoms with van der Waals surface area (Å²) in [5.41, 5.74) is 6.20. The molecule has 0 aliphatic carbocycles. The second kappa shape index (κ2) is 10.4. The first-order valence-corrected chi connectivity index (χ1v) is 12.5. The normalized spacial score (nSPS) is 11.2. The van der Waals surface area contributed by atoms with Gasteiger partial charge >= 0.3 is 0 Å². The van der Waals surface area contributed by atoms with E-state index in [1.165, 1.54) is 16.7 Å². The van der Waals surface area contributed by atoms with Crippen molar-refractivity contribution in [3.05, 3.63) is 136 Å². The third kappa shape index (κ3) is 4.67. The number of carbonyl (C=O) groups is 1. The van der Waals surface area contributed by atoms with Crippen LogP contribution in [0.3, 0.4) is 0 Å². The molecule has 0 atom stereocenters. The minimum Gasteiger partial charge on any atom is -0.497 e. The topological polar surface area (TPSA) is 31.2 Å². The van der Waals surface area contributed by atoms with Crippen molar-refractivity contribution in [2.24, 2.45) is 0 Å². The third-order valence-corrected chi connectivity index (χ3v) is 7.18. The van der Waals surface area contributed by atoms with E-state index in [-0.39, 0.29) is 11.8 Å². The van der Waals surface area contributed by atoms with Crippen LogP contribution in [0.25, 0.3) is 10.9 Å². The van der Waals surface area contributed by atoms with Gasteiger partial charge in [0.2, 0.25) is 0 Å². The number of aromatic nitrogens is 1. The zero-order valence-electron chi connectivity index (χ0n) is 20.4. The molecule has 4 aromatic carbocycles. The van der Waals surface area contributed by atoms with Crippen LogP contribution in [0.4, 0.5) is 0 Å². The van der Waals surface area contributed by atoms with Crippen molar-refractivity contribution < 1.29 is 9.53 Å². The molecular formula is C32H28ClNO2. The van der Waals surface area contributed by atoms with Crippen LogP contribution in [-0.2, 0) is 6.42 Å². The molecule has 1 aromatic heterocycles. The predicted molar refractivity (Wildman–Crippen MR) is 147 cm³/mol. The Morgan fingerprint density at radius 3 is 2.06 bits per heavy atom. The summed E-state index contributed by atoms with van der Waals surface area (Å²) in [7, 11) is 1.67. The van der Waals surface area contributed by atoms with Gasteiger partial charge in [0, 0.05) is 27.6 Å². The molecular weight excluding hydrogens is 466 g/mol. The van der Waals surface area contributed by atoms with Gasteiger partial charge in [-0.05, 0) is 78.9 Å². The number of benzene rings is 4. The van der Waals surface area contributed by atoms with Gasteiger partial charge in [0.1, 0.15) is 5.75 Å². The lowest BCUT2D eigenvalue weighted by Gasteiger charge is -2.18. The lowest BCUT2D eigenvalue weighted by Crippen LogP contribution is -2.13. The van der Waals surface area contributed by atoms with Crippen LogP contribution in [0.5, 0.6) is 5.75 Å². The van der Waals surface area contributed by atoms with Gasteiger partial charge in [0.15, 0.2) is 0 Å². The Morgan fingerprint density at radius 2 is 1.47 bits per heavy atom. The molecule has 0 amide bonds. The van der Waals surface area contributed by atoms with E-state index < -0.39 is 0 Å². The molecule has 1 heterocycles. The highest BCUT2D eigenvalue weighted by molar-refractivity contribution is 6.30. The summed E-state index contributed by atoms with van der Waals surface area (Å²) in [6, 6.07) is 34.3. The average Bonchev–Trinajstić information content (AvgIpc) is 3.20. The van der Waals surface area contributed by atoms with Crippen molar-refractivity contribution in [3.63, 3.8) is 0 Å². The summed E-state index contributed by atoms with van der Waals surface area (Å²) in [5.74, 6) is 0.971. The quantitative estimate of drug-likeness (QED) is 0.229. The van der Waals surface area contributed by atoms with Crippen molar-refractivity contribution in [2.45, 2.75) is 25.7 Å². The molecule has 0 radical (unpaired) electrons.